The molecule has 0 fully saturated rings. The SMILES string of the molecule is Cc1ncn(-c2ccn3c(C)c(-c4ccccc4)nc3c2C)n1. The van der Waals surface area contributed by atoms with Gasteiger partial charge in [0.2, 0.25) is 0 Å². The summed E-state index contributed by atoms with van der Waals surface area (Å²) in [5.41, 5.74) is 6.32. The zero-order valence-electron chi connectivity index (χ0n) is 13.4. The van der Waals surface area contributed by atoms with Gasteiger partial charge in [-0.3, -0.25) is 0 Å². The highest BCUT2D eigenvalue weighted by Gasteiger charge is 2.14. The summed E-state index contributed by atoms with van der Waals surface area (Å²) in [6.07, 6.45) is 3.78. The highest BCUT2D eigenvalue weighted by atomic mass is 15.3. The van der Waals surface area contributed by atoms with Crippen molar-refractivity contribution in [2.45, 2.75) is 20.8 Å². The van der Waals surface area contributed by atoms with Gasteiger partial charge in [-0.2, -0.15) is 5.10 Å². The van der Waals surface area contributed by atoms with E-state index in [0.717, 1.165) is 39.7 Å². The molecule has 0 spiro atoms. The van der Waals surface area contributed by atoms with Crippen LogP contribution in [-0.4, -0.2) is 24.1 Å². The molecule has 0 unspecified atom stereocenters. The average molecular weight is 303 g/mol. The molecular formula is C18H17N5. The van der Waals surface area contributed by atoms with Crippen molar-refractivity contribution in [1.29, 1.82) is 0 Å². The van der Waals surface area contributed by atoms with E-state index in [1.54, 1.807) is 11.0 Å². The standard InChI is InChI=1S/C18H17N5/c1-12-16(23-11-19-14(3)21-23)9-10-22-13(2)17(20-18(12)22)15-7-5-4-6-8-15/h4-11H,1-3H3. The lowest BCUT2D eigenvalue weighted by Gasteiger charge is -2.07. The highest BCUT2D eigenvalue weighted by molar-refractivity contribution is 5.69. The van der Waals surface area contributed by atoms with Crippen molar-refractivity contribution in [2.24, 2.45) is 0 Å². The Bertz CT molecular complexity index is 995. The molecule has 23 heavy (non-hydrogen) atoms. The number of aryl methyl sites for hydroxylation is 3. The molecule has 4 rings (SSSR count). The molecule has 0 saturated heterocycles. The second kappa shape index (κ2) is 5.05. The van der Waals surface area contributed by atoms with E-state index in [1.807, 2.05) is 31.3 Å². The zero-order chi connectivity index (χ0) is 16.0. The molecule has 0 saturated carbocycles. The van der Waals surface area contributed by atoms with Gasteiger partial charge in [-0.15, -0.1) is 0 Å². The molecule has 0 aliphatic rings. The van der Waals surface area contributed by atoms with Crippen molar-refractivity contribution < 1.29 is 0 Å². The van der Waals surface area contributed by atoms with E-state index in [-0.39, 0.29) is 0 Å². The summed E-state index contributed by atoms with van der Waals surface area (Å²) in [5.74, 6) is 0.758. The molecule has 0 amide bonds. The number of rotatable bonds is 2. The van der Waals surface area contributed by atoms with Gasteiger partial charge in [0.15, 0.2) is 0 Å². The van der Waals surface area contributed by atoms with E-state index in [2.05, 4.69) is 46.5 Å². The first kappa shape index (κ1) is 13.7. The van der Waals surface area contributed by atoms with Gasteiger partial charge in [0, 0.05) is 23.0 Å². The van der Waals surface area contributed by atoms with Gasteiger partial charge in [-0.1, -0.05) is 30.3 Å². The first-order valence-electron chi connectivity index (χ1n) is 7.57. The number of aromatic nitrogens is 5. The number of hydrogen-bond donors (Lipinski definition) is 0. The Balaban J connectivity index is 1.95. The number of nitrogens with zero attached hydrogens (tertiary/aromatic N) is 5. The summed E-state index contributed by atoms with van der Waals surface area (Å²) < 4.78 is 3.93. The van der Waals surface area contributed by atoms with Crippen molar-refractivity contribution >= 4 is 5.65 Å². The third-order valence-electron chi connectivity index (χ3n) is 4.15. The molecule has 0 bridgehead atoms. The fourth-order valence-electron chi connectivity index (χ4n) is 2.92. The summed E-state index contributed by atoms with van der Waals surface area (Å²) in [5, 5.41) is 4.40. The van der Waals surface area contributed by atoms with E-state index in [0.29, 0.717) is 0 Å². The molecule has 114 valence electrons. The van der Waals surface area contributed by atoms with Crippen LogP contribution in [0.4, 0.5) is 0 Å². The summed E-state index contributed by atoms with van der Waals surface area (Å²) >= 11 is 0. The van der Waals surface area contributed by atoms with Crippen LogP contribution in [-0.2, 0) is 0 Å². The van der Waals surface area contributed by atoms with Crippen molar-refractivity contribution in [2.75, 3.05) is 0 Å². The first-order chi connectivity index (χ1) is 11.1. The second-order valence-corrected chi connectivity index (χ2v) is 5.67. The molecule has 5 heteroatoms. The Morgan fingerprint density at radius 2 is 1.74 bits per heavy atom. The van der Waals surface area contributed by atoms with Gasteiger partial charge in [-0.25, -0.2) is 14.6 Å². The van der Waals surface area contributed by atoms with Gasteiger partial charge in [0.05, 0.1) is 11.4 Å². The third-order valence-corrected chi connectivity index (χ3v) is 4.15. The molecule has 0 aliphatic heterocycles. The third kappa shape index (κ3) is 2.12. The summed E-state index contributed by atoms with van der Waals surface area (Å²) in [7, 11) is 0. The maximum Gasteiger partial charge on any atom is 0.147 e. The minimum atomic E-state index is 0.758. The van der Waals surface area contributed by atoms with Crippen LogP contribution in [0.2, 0.25) is 0 Å². The average Bonchev–Trinajstić information content (AvgIpc) is 3.13. The quantitative estimate of drug-likeness (QED) is 0.569. The van der Waals surface area contributed by atoms with Crippen molar-refractivity contribution in [3.05, 3.63) is 66.0 Å². The summed E-state index contributed by atoms with van der Waals surface area (Å²) in [4.78, 5) is 9.09. The normalized spacial score (nSPS) is 11.3. The fourth-order valence-corrected chi connectivity index (χ4v) is 2.92. The molecule has 0 atom stereocenters. The van der Waals surface area contributed by atoms with E-state index in [4.69, 9.17) is 4.98 Å². The van der Waals surface area contributed by atoms with Crippen LogP contribution in [0.5, 0.6) is 0 Å². The maximum atomic E-state index is 4.88. The van der Waals surface area contributed by atoms with E-state index >= 15 is 0 Å². The molecule has 4 aromatic rings. The molecule has 0 aliphatic carbocycles. The van der Waals surface area contributed by atoms with Crippen LogP contribution in [0, 0.1) is 20.8 Å². The number of pyridine rings is 1. The topological polar surface area (TPSA) is 48.0 Å². The van der Waals surface area contributed by atoms with Gasteiger partial charge >= 0.3 is 0 Å². The maximum absolute atomic E-state index is 4.88. The zero-order valence-corrected chi connectivity index (χ0v) is 13.4. The molecule has 0 N–H and O–H groups in total. The summed E-state index contributed by atoms with van der Waals surface area (Å²) in [6.45, 7) is 6.06. The van der Waals surface area contributed by atoms with Crippen molar-refractivity contribution in [3.8, 4) is 16.9 Å². The minimum Gasteiger partial charge on any atom is -0.303 e. The number of benzene rings is 1. The van der Waals surface area contributed by atoms with Gasteiger partial charge in [0.1, 0.15) is 17.8 Å². The minimum absolute atomic E-state index is 0.758. The van der Waals surface area contributed by atoms with E-state index < -0.39 is 0 Å². The number of hydrogen-bond acceptors (Lipinski definition) is 3. The van der Waals surface area contributed by atoms with E-state index in [1.165, 1.54) is 0 Å². The van der Waals surface area contributed by atoms with Crippen LogP contribution in [0.15, 0.2) is 48.9 Å². The second-order valence-electron chi connectivity index (χ2n) is 5.67. The van der Waals surface area contributed by atoms with Gasteiger partial charge in [0.25, 0.3) is 0 Å². The number of imidazole rings is 1. The van der Waals surface area contributed by atoms with Crippen LogP contribution >= 0.6 is 0 Å². The predicted molar refractivity (Wildman–Crippen MR) is 89.8 cm³/mol. The van der Waals surface area contributed by atoms with E-state index in [9.17, 15) is 0 Å². The molecule has 0 radical (unpaired) electrons. The lowest BCUT2D eigenvalue weighted by atomic mass is 10.1. The predicted octanol–water partition coefficient (Wildman–Crippen LogP) is 3.51. The number of fused-ring (bicyclic) bond motifs is 1. The summed E-state index contributed by atoms with van der Waals surface area (Å²) in [6, 6.07) is 12.3. The van der Waals surface area contributed by atoms with Gasteiger partial charge in [-0.05, 0) is 26.8 Å². The Morgan fingerprint density at radius 1 is 0.957 bits per heavy atom. The lowest BCUT2D eigenvalue weighted by Crippen LogP contribution is -2.01. The molecule has 3 aromatic heterocycles. The largest absolute Gasteiger partial charge is 0.303 e. The highest BCUT2D eigenvalue weighted by Crippen LogP contribution is 2.27. The fraction of sp³-hybridized carbons (Fsp3) is 0.167. The Morgan fingerprint density at radius 3 is 2.43 bits per heavy atom. The van der Waals surface area contributed by atoms with Crippen LogP contribution in [0.3, 0.4) is 0 Å². The Hall–Kier alpha value is -2.95. The molecule has 5 nitrogen and oxygen atoms in total. The van der Waals surface area contributed by atoms with Crippen LogP contribution < -0.4 is 0 Å². The Kier molecular flexibility index (Phi) is 3.01. The van der Waals surface area contributed by atoms with Gasteiger partial charge < -0.3 is 4.40 Å². The van der Waals surface area contributed by atoms with Crippen LogP contribution in [0.25, 0.3) is 22.6 Å². The monoisotopic (exact) mass is 303 g/mol. The van der Waals surface area contributed by atoms with Crippen molar-refractivity contribution in [3.63, 3.8) is 0 Å². The molecule has 3 heterocycles. The first-order valence-corrected chi connectivity index (χ1v) is 7.57. The smallest absolute Gasteiger partial charge is 0.147 e. The molecule has 1 aromatic carbocycles. The Labute approximate surface area is 134 Å². The molecular weight excluding hydrogens is 286 g/mol. The van der Waals surface area contributed by atoms with Crippen molar-refractivity contribution in [1.82, 2.24) is 24.1 Å². The lowest BCUT2D eigenvalue weighted by molar-refractivity contribution is 0.852. The van der Waals surface area contributed by atoms with Crippen LogP contribution in [0.1, 0.15) is 17.1 Å².